The van der Waals surface area contributed by atoms with Gasteiger partial charge in [0, 0.05) is 39.2 Å². The molecule has 2 aromatic rings. The van der Waals surface area contributed by atoms with E-state index >= 15 is 0 Å². The Morgan fingerprint density at radius 2 is 1.89 bits per heavy atom. The van der Waals surface area contributed by atoms with Crippen molar-refractivity contribution in [3.63, 3.8) is 0 Å². The van der Waals surface area contributed by atoms with E-state index < -0.39 is 0 Å². The molecule has 1 amide bonds. The third kappa shape index (κ3) is 4.09. The first-order valence-electron chi connectivity index (χ1n) is 8.87. The van der Waals surface area contributed by atoms with Crippen LogP contribution in [0.4, 0.5) is 5.88 Å². The van der Waals surface area contributed by atoms with Crippen LogP contribution in [-0.4, -0.2) is 56.2 Å². The van der Waals surface area contributed by atoms with E-state index in [-0.39, 0.29) is 11.6 Å². The van der Waals surface area contributed by atoms with Gasteiger partial charge in [0.05, 0.1) is 14.2 Å². The van der Waals surface area contributed by atoms with E-state index in [4.69, 9.17) is 13.9 Å². The number of piperazine rings is 1. The number of oxazole rings is 1. The van der Waals surface area contributed by atoms with Crippen LogP contribution in [0.1, 0.15) is 24.1 Å². The van der Waals surface area contributed by atoms with Crippen molar-refractivity contribution >= 4 is 23.9 Å². The van der Waals surface area contributed by atoms with E-state index in [1.54, 1.807) is 32.1 Å². The lowest BCUT2D eigenvalue weighted by molar-refractivity contribution is -0.129. The smallest absolute Gasteiger partial charge is 0.235 e. The van der Waals surface area contributed by atoms with Gasteiger partial charge in [0.2, 0.25) is 23.4 Å². The fraction of sp³-hybridized carbons (Fsp3) is 0.350. The first kappa shape index (κ1) is 19.3. The van der Waals surface area contributed by atoms with E-state index in [0.717, 1.165) is 5.56 Å². The molecule has 0 saturated carbocycles. The molecule has 0 radical (unpaired) electrons. The molecule has 28 heavy (non-hydrogen) atoms. The van der Waals surface area contributed by atoms with Crippen molar-refractivity contribution < 1.29 is 18.7 Å². The van der Waals surface area contributed by atoms with Crippen LogP contribution in [0.15, 0.2) is 22.6 Å². The average Bonchev–Trinajstić information content (AvgIpc) is 3.15. The molecule has 0 aliphatic carbocycles. The second-order valence-electron chi connectivity index (χ2n) is 6.26. The first-order valence-corrected chi connectivity index (χ1v) is 8.87. The number of aromatic nitrogens is 1. The van der Waals surface area contributed by atoms with Gasteiger partial charge in [-0.25, -0.2) is 0 Å². The molecule has 1 fully saturated rings. The number of benzene rings is 1. The van der Waals surface area contributed by atoms with Crippen molar-refractivity contribution in [2.45, 2.75) is 6.92 Å². The Balaban J connectivity index is 1.77. The Hall–Kier alpha value is -3.47. The van der Waals surface area contributed by atoms with Gasteiger partial charge >= 0.3 is 0 Å². The quantitative estimate of drug-likeness (QED) is 0.784. The number of nitrogens with zero attached hydrogens (tertiary/aromatic N) is 4. The summed E-state index contributed by atoms with van der Waals surface area (Å²) < 4.78 is 16.3. The van der Waals surface area contributed by atoms with Gasteiger partial charge in [-0.15, -0.1) is 0 Å². The van der Waals surface area contributed by atoms with Crippen molar-refractivity contribution in [3.05, 3.63) is 35.3 Å². The standard InChI is InChI=1S/C20H22N4O4/c1-14(25)23-8-10-24(11-9-23)20-16(13-21)22-19(28-20)7-5-15-4-6-17(26-2)18(12-15)27-3/h4-7,12H,8-11H2,1-3H3/b7-5+. The summed E-state index contributed by atoms with van der Waals surface area (Å²) in [5, 5.41) is 9.40. The highest BCUT2D eigenvalue weighted by Crippen LogP contribution is 2.29. The molecule has 1 aliphatic rings. The maximum absolute atomic E-state index is 11.5. The minimum atomic E-state index is 0.0521. The Morgan fingerprint density at radius 3 is 2.50 bits per heavy atom. The van der Waals surface area contributed by atoms with Crippen LogP contribution in [0, 0.1) is 11.3 Å². The van der Waals surface area contributed by atoms with Crippen LogP contribution >= 0.6 is 0 Å². The van der Waals surface area contributed by atoms with Gasteiger partial charge < -0.3 is 23.7 Å². The van der Waals surface area contributed by atoms with Crippen molar-refractivity contribution in [2.75, 3.05) is 45.3 Å². The molecule has 3 rings (SSSR count). The molecule has 8 nitrogen and oxygen atoms in total. The Morgan fingerprint density at radius 1 is 1.18 bits per heavy atom. The van der Waals surface area contributed by atoms with Crippen LogP contribution in [0.5, 0.6) is 11.5 Å². The van der Waals surface area contributed by atoms with Crippen molar-refractivity contribution in [2.24, 2.45) is 0 Å². The first-order chi connectivity index (χ1) is 13.5. The fourth-order valence-corrected chi connectivity index (χ4v) is 3.04. The second-order valence-corrected chi connectivity index (χ2v) is 6.26. The zero-order valence-corrected chi connectivity index (χ0v) is 16.1. The molecule has 0 spiro atoms. The Labute approximate surface area is 163 Å². The van der Waals surface area contributed by atoms with E-state index in [9.17, 15) is 10.1 Å². The zero-order chi connectivity index (χ0) is 20.1. The monoisotopic (exact) mass is 382 g/mol. The van der Waals surface area contributed by atoms with Gasteiger partial charge in [0.15, 0.2) is 11.5 Å². The second kappa shape index (κ2) is 8.48. The molecule has 0 bridgehead atoms. The average molecular weight is 382 g/mol. The molecule has 0 atom stereocenters. The molecule has 0 N–H and O–H groups in total. The van der Waals surface area contributed by atoms with Crippen LogP contribution in [-0.2, 0) is 4.79 Å². The highest BCUT2D eigenvalue weighted by Gasteiger charge is 2.24. The van der Waals surface area contributed by atoms with Gasteiger partial charge in [-0.1, -0.05) is 6.07 Å². The summed E-state index contributed by atoms with van der Waals surface area (Å²) in [6.07, 6.45) is 3.53. The highest BCUT2D eigenvalue weighted by atomic mass is 16.5. The van der Waals surface area contributed by atoms with Gasteiger partial charge in [0.1, 0.15) is 6.07 Å². The molecular weight excluding hydrogens is 360 g/mol. The number of ether oxygens (including phenoxy) is 2. The van der Waals surface area contributed by atoms with E-state index in [1.807, 2.05) is 29.2 Å². The van der Waals surface area contributed by atoms with Gasteiger partial charge in [-0.3, -0.25) is 4.79 Å². The number of amides is 1. The third-order valence-corrected chi connectivity index (χ3v) is 4.57. The molecule has 1 aromatic heterocycles. The predicted molar refractivity (Wildman–Crippen MR) is 104 cm³/mol. The molecule has 1 aromatic carbocycles. The molecule has 8 heteroatoms. The number of hydrogen-bond acceptors (Lipinski definition) is 7. The third-order valence-electron chi connectivity index (χ3n) is 4.57. The molecule has 2 heterocycles. The SMILES string of the molecule is COc1ccc(/C=C/c2nc(C#N)c(N3CCN(C(C)=O)CC3)o2)cc1OC. The lowest BCUT2D eigenvalue weighted by atomic mass is 10.2. The van der Waals surface area contributed by atoms with Crippen molar-refractivity contribution in [1.29, 1.82) is 5.26 Å². The Kier molecular flexibility index (Phi) is 5.84. The summed E-state index contributed by atoms with van der Waals surface area (Å²) in [5.74, 6) is 2.11. The zero-order valence-electron chi connectivity index (χ0n) is 16.1. The summed E-state index contributed by atoms with van der Waals surface area (Å²) in [7, 11) is 3.16. The lowest BCUT2D eigenvalue weighted by Crippen LogP contribution is -2.48. The van der Waals surface area contributed by atoms with E-state index in [2.05, 4.69) is 11.1 Å². The van der Waals surface area contributed by atoms with Crippen LogP contribution in [0.2, 0.25) is 0 Å². The van der Waals surface area contributed by atoms with Gasteiger partial charge in [-0.2, -0.15) is 10.2 Å². The summed E-state index contributed by atoms with van der Waals surface area (Å²) >= 11 is 0. The number of methoxy groups -OCH3 is 2. The van der Waals surface area contributed by atoms with E-state index in [0.29, 0.717) is 49.5 Å². The summed E-state index contributed by atoms with van der Waals surface area (Å²) in [6.45, 7) is 3.95. The molecule has 1 aliphatic heterocycles. The number of rotatable bonds is 5. The van der Waals surface area contributed by atoms with Crippen LogP contribution in [0.3, 0.4) is 0 Å². The lowest BCUT2D eigenvalue weighted by Gasteiger charge is -2.33. The van der Waals surface area contributed by atoms with E-state index in [1.165, 1.54) is 0 Å². The maximum Gasteiger partial charge on any atom is 0.235 e. The van der Waals surface area contributed by atoms with Crippen LogP contribution in [0.25, 0.3) is 12.2 Å². The van der Waals surface area contributed by atoms with Crippen LogP contribution < -0.4 is 14.4 Å². The number of nitriles is 1. The summed E-state index contributed by atoms with van der Waals surface area (Å²) in [5.41, 5.74) is 1.12. The topological polar surface area (TPSA) is 91.8 Å². The van der Waals surface area contributed by atoms with Gasteiger partial charge in [-0.05, 0) is 23.8 Å². The number of anilines is 1. The Bertz CT molecular complexity index is 921. The molecule has 0 unspecified atom stereocenters. The highest BCUT2D eigenvalue weighted by molar-refractivity contribution is 5.73. The number of carbonyl (C=O) groups is 1. The van der Waals surface area contributed by atoms with Crippen molar-refractivity contribution in [3.8, 4) is 17.6 Å². The fourth-order valence-electron chi connectivity index (χ4n) is 3.04. The number of hydrogen-bond donors (Lipinski definition) is 0. The minimum Gasteiger partial charge on any atom is -0.493 e. The molecule has 1 saturated heterocycles. The molecule has 146 valence electrons. The largest absolute Gasteiger partial charge is 0.493 e. The molecular formula is C20H22N4O4. The van der Waals surface area contributed by atoms with Crippen molar-refractivity contribution in [1.82, 2.24) is 9.88 Å². The minimum absolute atomic E-state index is 0.0521. The summed E-state index contributed by atoms with van der Waals surface area (Å²) in [4.78, 5) is 19.4. The normalized spacial score (nSPS) is 14.2. The summed E-state index contributed by atoms with van der Waals surface area (Å²) in [6, 6.07) is 7.62. The number of carbonyl (C=O) groups excluding carboxylic acids is 1. The van der Waals surface area contributed by atoms with Gasteiger partial charge in [0.25, 0.3) is 0 Å². The maximum atomic E-state index is 11.5. The predicted octanol–water partition coefficient (Wildman–Crippen LogP) is 2.40.